The van der Waals surface area contributed by atoms with Crippen LogP contribution in [0.1, 0.15) is 64.5 Å². The normalized spacial score (nSPS) is 19.3. The minimum absolute atomic E-state index is 0.115. The molecule has 2 aromatic rings. The smallest absolute Gasteiger partial charge is 0.147 e. The van der Waals surface area contributed by atoms with Gasteiger partial charge in [0.2, 0.25) is 0 Å². The van der Waals surface area contributed by atoms with E-state index in [1.54, 1.807) is 0 Å². The number of carbonyl (C=O) groups excluding carboxylic acids is 1. The van der Waals surface area contributed by atoms with Gasteiger partial charge in [-0.1, -0.05) is 65.8 Å². The molecule has 0 saturated carbocycles. The van der Waals surface area contributed by atoms with Gasteiger partial charge in [0.15, 0.2) is 0 Å². The molecule has 2 aromatic carbocycles. The Kier molecular flexibility index (Phi) is 9.89. The van der Waals surface area contributed by atoms with Crippen LogP contribution in [0.3, 0.4) is 0 Å². The van der Waals surface area contributed by atoms with Crippen LogP contribution < -0.4 is 9.80 Å². The third-order valence-corrected chi connectivity index (χ3v) is 8.36. The topological polar surface area (TPSA) is 30.0 Å². The number of rotatable bonds is 10. The van der Waals surface area contributed by atoms with Crippen LogP contribution in [-0.4, -0.2) is 81.0 Å². The standard InChI is InChI=1S/C33H50N4O/c1-25(2)23-34-15-19-36(20-16-34)31-11-7-29(8-12-31)27(5)33(38)28(6)30-9-13-32(14-10-30)37-21-17-35(18-22-37)24-26(3)4/h7-14,25-28H,15-24H2,1-6H3. The Morgan fingerprint density at radius 2 is 0.868 bits per heavy atom. The van der Waals surface area contributed by atoms with E-state index in [1.165, 1.54) is 24.5 Å². The van der Waals surface area contributed by atoms with Gasteiger partial charge < -0.3 is 9.80 Å². The van der Waals surface area contributed by atoms with Gasteiger partial charge in [0.1, 0.15) is 5.78 Å². The zero-order valence-electron chi connectivity index (χ0n) is 24.7. The van der Waals surface area contributed by atoms with Gasteiger partial charge in [0.25, 0.3) is 0 Å². The van der Waals surface area contributed by atoms with E-state index in [9.17, 15) is 4.79 Å². The second-order valence-corrected chi connectivity index (χ2v) is 12.4. The highest BCUT2D eigenvalue weighted by Gasteiger charge is 2.24. The monoisotopic (exact) mass is 518 g/mol. The summed E-state index contributed by atoms with van der Waals surface area (Å²) in [4.78, 5) is 23.5. The summed E-state index contributed by atoms with van der Waals surface area (Å²) in [6, 6.07) is 17.5. The van der Waals surface area contributed by atoms with Crippen molar-refractivity contribution in [2.24, 2.45) is 11.8 Å². The summed E-state index contributed by atoms with van der Waals surface area (Å²) in [6.45, 7) is 24.4. The van der Waals surface area contributed by atoms with Gasteiger partial charge in [-0.15, -0.1) is 0 Å². The summed E-state index contributed by atoms with van der Waals surface area (Å²) in [5, 5.41) is 0. The second-order valence-electron chi connectivity index (χ2n) is 12.4. The summed E-state index contributed by atoms with van der Waals surface area (Å²) in [5.41, 5.74) is 4.76. The molecule has 2 aliphatic heterocycles. The van der Waals surface area contributed by atoms with E-state index in [4.69, 9.17) is 0 Å². The lowest BCUT2D eigenvalue weighted by atomic mass is 9.85. The highest BCUT2D eigenvalue weighted by molar-refractivity contribution is 5.91. The molecule has 2 fully saturated rings. The van der Waals surface area contributed by atoms with Crippen molar-refractivity contribution < 1.29 is 4.79 Å². The van der Waals surface area contributed by atoms with Gasteiger partial charge >= 0.3 is 0 Å². The van der Waals surface area contributed by atoms with Crippen LogP contribution in [0.5, 0.6) is 0 Å². The third kappa shape index (κ3) is 7.39. The molecule has 0 radical (unpaired) electrons. The van der Waals surface area contributed by atoms with E-state index in [1.807, 2.05) is 0 Å². The van der Waals surface area contributed by atoms with Crippen molar-refractivity contribution in [2.75, 3.05) is 75.2 Å². The van der Waals surface area contributed by atoms with Gasteiger partial charge in [-0.25, -0.2) is 0 Å². The lowest BCUT2D eigenvalue weighted by Gasteiger charge is -2.37. The van der Waals surface area contributed by atoms with Gasteiger partial charge in [0.05, 0.1) is 0 Å². The fourth-order valence-corrected chi connectivity index (χ4v) is 6.06. The van der Waals surface area contributed by atoms with E-state index in [0.717, 1.165) is 75.3 Å². The van der Waals surface area contributed by atoms with Crippen LogP contribution in [0.15, 0.2) is 48.5 Å². The fraction of sp³-hybridized carbons (Fsp3) is 0.606. The molecule has 2 unspecified atom stereocenters. The average Bonchev–Trinajstić information content (AvgIpc) is 2.92. The molecule has 0 N–H and O–H groups in total. The Bertz CT molecular complexity index is 919. The molecule has 2 atom stereocenters. The predicted octanol–water partition coefficient (Wildman–Crippen LogP) is 5.72. The summed E-state index contributed by atoms with van der Waals surface area (Å²) >= 11 is 0. The molecule has 4 rings (SSSR count). The largest absolute Gasteiger partial charge is 0.369 e. The number of ketones is 1. The van der Waals surface area contributed by atoms with Gasteiger partial charge in [0, 0.05) is 88.7 Å². The number of Topliss-reactive ketones (excluding diaryl/α,β-unsaturated/α-hetero) is 1. The lowest BCUT2D eigenvalue weighted by molar-refractivity contribution is -0.121. The number of hydrogen-bond acceptors (Lipinski definition) is 5. The summed E-state index contributed by atoms with van der Waals surface area (Å²) in [7, 11) is 0. The first-order chi connectivity index (χ1) is 18.2. The average molecular weight is 519 g/mol. The van der Waals surface area contributed by atoms with Gasteiger partial charge in [-0.3, -0.25) is 14.6 Å². The maximum atomic E-state index is 13.4. The molecule has 5 nitrogen and oxygen atoms in total. The molecule has 2 saturated heterocycles. The van der Waals surface area contributed by atoms with Crippen LogP contribution in [0.2, 0.25) is 0 Å². The summed E-state index contributed by atoms with van der Waals surface area (Å²) in [5.74, 6) is 1.49. The van der Waals surface area contributed by atoms with Crippen LogP contribution in [0, 0.1) is 11.8 Å². The quantitative estimate of drug-likeness (QED) is 0.401. The minimum Gasteiger partial charge on any atom is -0.369 e. The van der Waals surface area contributed by atoms with Gasteiger partial charge in [-0.05, 0) is 47.2 Å². The molecular weight excluding hydrogens is 468 g/mol. The first-order valence-electron chi connectivity index (χ1n) is 14.9. The number of hydrogen-bond donors (Lipinski definition) is 0. The van der Waals surface area contributed by atoms with Crippen molar-refractivity contribution in [3.8, 4) is 0 Å². The number of benzene rings is 2. The zero-order chi connectivity index (χ0) is 27.2. The maximum Gasteiger partial charge on any atom is 0.147 e. The van der Waals surface area contributed by atoms with Crippen molar-refractivity contribution in [1.82, 2.24) is 9.80 Å². The second kappa shape index (κ2) is 13.1. The third-order valence-electron chi connectivity index (χ3n) is 8.36. The molecule has 208 valence electrons. The Hall–Kier alpha value is -2.37. The molecule has 0 amide bonds. The summed E-state index contributed by atoms with van der Waals surface area (Å²) < 4.78 is 0. The predicted molar refractivity (Wildman–Crippen MR) is 162 cm³/mol. The Labute approximate surface area is 231 Å². The van der Waals surface area contributed by atoms with Crippen LogP contribution in [-0.2, 0) is 4.79 Å². The number of nitrogens with zero attached hydrogens (tertiary/aromatic N) is 4. The van der Waals surface area contributed by atoms with Crippen molar-refractivity contribution in [1.29, 1.82) is 0 Å². The van der Waals surface area contributed by atoms with Crippen molar-refractivity contribution in [2.45, 2.75) is 53.4 Å². The SMILES string of the molecule is CC(C)CN1CCN(c2ccc(C(C)C(=O)C(C)c3ccc(N4CCN(CC(C)C)CC4)cc3)cc2)CC1. The number of carbonyl (C=O) groups is 1. The lowest BCUT2D eigenvalue weighted by Crippen LogP contribution is -2.47. The van der Waals surface area contributed by atoms with E-state index in [0.29, 0.717) is 0 Å². The van der Waals surface area contributed by atoms with Crippen molar-refractivity contribution in [3.63, 3.8) is 0 Å². The van der Waals surface area contributed by atoms with E-state index < -0.39 is 0 Å². The van der Waals surface area contributed by atoms with Crippen LogP contribution in [0.25, 0.3) is 0 Å². The number of anilines is 2. The highest BCUT2D eigenvalue weighted by atomic mass is 16.1. The van der Waals surface area contributed by atoms with Gasteiger partial charge in [-0.2, -0.15) is 0 Å². The maximum absolute atomic E-state index is 13.4. The first-order valence-corrected chi connectivity index (χ1v) is 14.9. The van der Waals surface area contributed by atoms with Crippen LogP contribution >= 0.6 is 0 Å². The van der Waals surface area contributed by atoms with Crippen molar-refractivity contribution >= 4 is 17.2 Å². The zero-order valence-corrected chi connectivity index (χ0v) is 24.7. The molecular formula is C33H50N4O. The first kappa shape index (κ1) is 28.6. The van der Waals surface area contributed by atoms with E-state index in [2.05, 4.69) is 110 Å². The molecule has 0 bridgehead atoms. The fourth-order valence-electron chi connectivity index (χ4n) is 6.06. The minimum atomic E-state index is -0.115. The Morgan fingerprint density at radius 3 is 1.16 bits per heavy atom. The molecule has 0 spiro atoms. The molecule has 0 aliphatic carbocycles. The van der Waals surface area contributed by atoms with E-state index >= 15 is 0 Å². The highest BCUT2D eigenvalue weighted by Crippen LogP contribution is 2.29. The van der Waals surface area contributed by atoms with E-state index in [-0.39, 0.29) is 17.6 Å². The number of piperazine rings is 2. The molecule has 38 heavy (non-hydrogen) atoms. The Balaban J connectivity index is 1.30. The van der Waals surface area contributed by atoms with Crippen molar-refractivity contribution in [3.05, 3.63) is 59.7 Å². The summed E-state index contributed by atoms with van der Waals surface area (Å²) in [6.07, 6.45) is 0. The van der Waals surface area contributed by atoms with Crippen LogP contribution in [0.4, 0.5) is 11.4 Å². The molecule has 5 heteroatoms. The molecule has 0 aromatic heterocycles. The Morgan fingerprint density at radius 1 is 0.553 bits per heavy atom. The molecule has 2 aliphatic rings. The molecule has 2 heterocycles.